The Morgan fingerprint density at radius 2 is 2.23 bits per heavy atom. The van der Waals surface area contributed by atoms with Crippen LogP contribution in [0.4, 0.5) is 0 Å². The van der Waals surface area contributed by atoms with E-state index in [0.29, 0.717) is 12.8 Å². The van der Waals surface area contributed by atoms with Gasteiger partial charge in [-0.3, -0.25) is 4.79 Å². The molecule has 0 bridgehead atoms. The quantitative estimate of drug-likeness (QED) is 0.520. The van der Waals surface area contributed by atoms with Crippen LogP contribution in [0.1, 0.15) is 25.7 Å². The normalized spacial score (nSPS) is 32.5. The average Bonchev–Trinajstić information content (AvgIpc) is 2.54. The van der Waals surface area contributed by atoms with Crippen molar-refractivity contribution in [1.82, 2.24) is 4.90 Å². The second-order valence-corrected chi connectivity index (χ2v) is 4.07. The van der Waals surface area contributed by atoms with Gasteiger partial charge in [0.1, 0.15) is 6.73 Å². The molecule has 2 saturated heterocycles. The maximum absolute atomic E-state index is 11.8. The highest BCUT2D eigenvalue weighted by Gasteiger charge is 2.40. The van der Waals surface area contributed by atoms with E-state index in [-0.39, 0.29) is 5.91 Å². The summed E-state index contributed by atoms with van der Waals surface area (Å²) in [6.45, 7) is 1.25. The minimum atomic E-state index is 0.247. The number of carbonyl (C=O) groups excluding carboxylic acids is 1. The van der Waals surface area contributed by atoms with Gasteiger partial charge in [-0.2, -0.15) is 0 Å². The molecule has 13 heavy (non-hydrogen) atoms. The predicted octanol–water partition coefficient (Wildman–Crippen LogP) is 1.06. The van der Waals surface area contributed by atoms with Crippen LogP contribution in [0.5, 0.6) is 0 Å². The van der Waals surface area contributed by atoms with Crippen LogP contribution in [0.2, 0.25) is 0 Å². The van der Waals surface area contributed by atoms with Crippen LogP contribution >= 0.6 is 0 Å². The van der Waals surface area contributed by atoms with Crippen LogP contribution in [0.25, 0.3) is 0 Å². The first-order chi connectivity index (χ1) is 6.36. The lowest BCUT2D eigenvalue weighted by molar-refractivity contribution is -0.126. The Bertz CT molecular complexity index is 289. The minimum Gasteiger partial charge on any atom is -0.359 e. The van der Waals surface area contributed by atoms with Crippen LogP contribution in [0.3, 0.4) is 0 Å². The molecule has 1 unspecified atom stereocenters. The van der Waals surface area contributed by atoms with Gasteiger partial charge in [0, 0.05) is 12.0 Å². The lowest BCUT2D eigenvalue weighted by Crippen LogP contribution is -2.28. The molecule has 3 aliphatic rings. The summed E-state index contributed by atoms with van der Waals surface area (Å²) >= 11 is 0. The summed E-state index contributed by atoms with van der Waals surface area (Å²) in [6, 6.07) is 0.357. The van der Waals surface area contributed by atoms with Gasteiger partial charge in [0.15, 0.2) is 0 Å². The van der Waals surface area contributed by atoms with E-state index in [1.165, 1.54) is 12.0 Å². The van der Waals surface area contributed by atoms with E-state index in [1.54, 1.807) is 0 Å². The third-order valence-electron chi connectivity index (χ3n) is 3.32. The van der Waals surface area contributed by atoms with E-state index in [4.69, 9.17) is 4.74 Å². The lowest BCUT2D eigenvalue weighted by atomic mass is 9.87. The fourth-order valence-corrected chi connectivity index (χ4v) is 2.32. The van der Waals surface area contributed by atoms with Crippen molar-refractivity contribution in [1.29, 1.82) is 0 Å². The van der Waals surface area contributed by atoms with E-state index in [0.717, 1.165) is 31.4 Å². The van der Waals surface area contributed by atoms with Gasteiger partial charge in [-0.1, -0.05) is 5.57 Å². The Morgan fingerprint density at radius 1 is 1.38 bits per heavy atom. The summed E-state index contributed by atoms with van der Waals surface area (Å²) in [6.07, 6.45) is 4.52. The smallest absolute Gasteiger partial charge is 0.251 e. The number of rotatable bonds is 0. The molecule has 0 aromatic carbocycles. The average molecular weight is 179 g/mol. The molecular formula is C10H13NO2. The molecule has 3 fully saturated rings. The Kier molecular flexibility index (Phi) is 1.50. The Morgan fingerprint density at radius 3 is 2.85 bits per heavy atom. The fourth-order valence-electron chi connectivity index (χ4n) is 2.32. The van der Waals surface area contributed by atoms with Crippen molar-refractivity contribution < 1.29 is 9.53 Å². The van der Waals surface area contributed by atoms with E-state index in [9.17, 15) is 4.79 Å². The largest absolute Gasteiger partial charge is 0.359 e. The standard InChI is InChI=1S/C10H13NO2/c12-10-9(7-2-1-3-7)4-8-5-13-6-11(8)10/h8H,1-6H2. The number of nitrogens with zero attached hydrogens (tertiary/aromatic N) is 1. The molecule has 0 aromatic heterocycles. The first kappa shape index (κ1) is 7.56. The van der Waals surface area contributed by atoms with Crippen molar-refractivity contribution in [2.45, 2.75) is 31.7 Å². The summed E-state index contributed by atoms with van der Waals surface area (Å²) in [5.74, 6) is 0.247. The molecule has 3 rings (SSSR count). The van der Waals surface area contributed by atoms with Gasteiger partial charge >= 0.3 is 0 Å². The van der Waals surface area contributed by atoms with Gasteiger partial charge in [0.2, 0.25) is 0 Å². The number of hydrogen-bond acceptors (Lipinski definition) is 2. The molecule has 2 heterocycles. The summed E-state index contributed by atoms with van der Waals surface area (Å²) in [4.78, 5) is 13.7. The van der Waals surface area contributed by atoms with Gasteiger partial charge in [-0.15, -0.1) is 0 Å². The van der Waals surface area contributed by atoms with E-state index in [2.05, 4.69) is 0 Å². The number of hydrogen-bond donors (Lipinski definition) is 0. The zero-order valence-corrected chi connectivity index (χ0v) is 7.58. The molecule has 1 saturated carbocycles. The molecule has 1 amide bonds. The number of carbonyl (C=O) groups is 1. The van der Waals surface area contributed by atoms with Crippen LogP contribution in [0, 0.1) is 0 Å². The predicted molar refractivity (Wildman–Crippen MR) is 46.9 cm³/mol. The van der Waals surface area contributed by atoms with Crippen molar-refractivity contribution in [3.8, 4) is 0 Å². The fraction of sp³-hybridized carbons (Fsp3) is 0.700. The molecule has 0 aromatic rings. The van der Waals surface area contributed by atoms with Crippen molar-refractivity contribution in [3.63, 3.8) is 0 Å². The molecule has 0 N–H and O–H groups in total. The molecule has 3 nitrogen and oxygen atoms in total. The molecule has 1 atom stereocenters. The van der Waals surface area contributed by atoms with Crippen LogP contribution in [0.15, 0.2) is 11.1 Å². The number of allylic oxidation sites excluding steroid dienone is 1. The highest BCUT2D eigenvalue weighted by atomic mass is 16.5. The maximum Gasteiger partial charge on any atom is 0.251 e. The zero-order chi connectivity index (χ0) is 8.84. The van der Waals surface area contributed by atoms with E-state index >= 15 is 0 Å². The van der Waals surface area contributed by atoms with Crippen LogP contribution < -0.4 is 0 Å². The SMILES string of the molecule is O=C1C(=C2CCC2)CC2COCN12. The maximum atomic E-state index is 11.8. The highest BCUT2D eigenvalue weighted by Crippen LogP contribution is 2.37. The Balaban J connectivity index is 1.90. The number of ether oxygens (including phenoxy) is 1. The first-order valence-electron chi connectivity index (χ1n) is 4.96. The highest BCUT2D eigenvalue weighted by molar-refractivity contribution is 5.97. The number of amides is 1. The second-order valence-electron chi connectivity index (χ2n) is 4.07. The molecule has 70 valence electrons. The summed E-state index contributed by atoms with van der Waals surface area (Å²) in [5, 5.41) is 0. The Hall–Kier alpha value is -0.830. The zero-order valence-electron chi connectivity index (χ0n) is 7.58. The topological polar surface area (TPSA) is 29.5 Å². The van der Waals surface area contributed by atoms with Gasteiger partial charge in [-0.05, 0) is 19.3 Å². The second kappa shape index (κ2) is 2.58. The summed E-state index contributed by atoms with van der Waals surface area (Å²) in [5.41, 5.74) is 2.53. The van der Waals surface area contributed by atoms with Crippen molar-refractivity contribution in [3.05, 3.63) is 11.1 Å². The van der Waals surface area contributed by atoms with Gasteiger partial charge in [-0.25, -0.2) is 0 Å². The number of fused-ring (bicyclic) bond motifs is 1. The van der Waals surface area contributed by atoms with E-state index in [1.807, 2.05) is 4.90 Å². The lowest BCUT2D eigenvalue weighted by Gasteiger charge is -2.19. The van der Waals surface area contributed by atoms with Gasteiger partial charge in [0.25, 0.3) is 5.91 Å². The molecule has 1 aliphatic carbocycles. The van der Waals surface area contributed by atoms with Crippen molar-refractivity contribution in [2.24, 2.45) is 0 Å². The van der Waals surface area contributed by atoms with Crippen LogP contribution in [-0.2, 0) is 9.53 Å². The third kappa shape index (κ3) is 0.967. The van der Waals surface area contributed by atoms with Crippen LogP contribution in [-0.4, -0.2) is 30.2 Å². The monoisotopic (exact) mass is 179 g/mol. The molecule has 3 heteroatoms. The molecule has 0 radical (unpaired) electrons. The summed E-state index contributed by atoms with van der Waals surface area (Å²) in [7, 11) is 0. The first-order valence-corrected chi connectivity index (χ1v) is 4.96. The molecular weight excluding hydrogens is 166 g/mol. The molecule has 2 aliphatic heterocycles. The summed E-state index contributed by atoms with van der Waals surface area (Å²) < 4.78 is 5.24. The van der Waals surface area contributed by atoms with Crippen molar-refractivity contribution >= 4 is 5.91 Å². The third-order valence-corrected chi connectivity index (χ3v) is 3.32. The van der Waals surface area contributed by atoms with Gasteiger partial charge < -0.3 is 9.64 Å². The minimum absolute atomic E-state index is 0.247. The van der Waals surface area contributed by atoms with Gasteiger partial charge in [0.05, 0.1) is 12.6 Å². The molecule has 0 spiro atoms. The Labute approximate surface area is 77.4 Å². The van der Waals surface area contributed by atoms with E-state index < -0.39 is 0 Å². The van der Waals surface area contributed by atoms with Crippen molar-refractivity contribution in [2.75, 3.05) is 13.3 Å².